The third kappa shape index (κ3) is 2.76. The molecule has 0 spiro atoms. The second kappa shape index (κ2) is 5.87. The van der Waals surface area contributed by atoms with Crippen LogP contribution < -0.4 is 0 Å². The van der Waals surface area contributed by atoms with Crippen LogP contribution in [-0.2, 0) is 9.59 Å². The molecule has 122 valence electrons. The Hall–Kier alpha value is -1.47. The van der Waals surface area contributed by atoms with Gasteiger partial charge in [0.1, 0.15) is 11.8 Å². The van der Waals surface area contributed by atoms with Crippen molar-refractivity contribution in [2.45, 2.75) is 26.2 Å². The number of piperazine rings is 1. The van der Waals surface area contributed by atoms with E-state index in [1.54, 1.807) is 18.7 Å². The number of carbonyl (C=O) groups is 2. The normalized spacial score (nSPS) is 27.8. The van der Waals surface area contributed by atoms with Crippen molar-refractivity contribution in [1.82, 2.24) is 9.80 Å². The van der Waals surface area contributed by atoms with Crippen molar-refractivity contribution in [3.63, 3.8) is 0 Å². The second-order valence-corrected chi connectivity index (χ2v) is 7.55. The molecule has 6 nitrogen and oxygen atoms in total. The number of rotatable bonds is 2. The molecule has 0 saturated carbocycles. The van der Waals surface area contributed by atoms with E-state index in [0.717, 1.165) is 50.5 Å². The third-order valence-electron chi connectivity index (χ3n) is 4.94. The number of amidine groups is 1. The number of fused-ring (bicyclic) bond motifs is 2. The fourth-order valence-corrected chi connectivity index (χ4v) is 5.03. The van der Waals surface area contributed by atoms with E-state index in [1.807, 2.05) is 4.90 Å². The summed E-state index contributed by atoms with van der Waals surface area (Å²) >= 11 is 1.70. The maximum Gasteiger partial charge on any atom is 0.261 e. The van der Waals surface area contributed by atoms with Gasteiger partial charge in [-0.15, -0.1) is 0 Å². The monoisotopic (exact) mass is 332 g/mol. The van der Waals surface area contributed by atoms with Gasteiger partial charge >= 0.3 is 0 Å². The van der Waals surface area contributed by atoms with E-state index in [-0.39, 0.29) is 17.7 Å². The zero-order chi connectivity index (χ0) is 16.0. The van der Waals surface area contributed by atoms with Gasteiger partial charge in [0.15, 0.2) is 0 Å². The fourth-order valence-electron chi connectivity index (χ4n) is 3.67. The van der Waals surface area contributed by atoms with E-state index in [4.69, 9.17) is 0 Å². The number of hydrogen-bond acceptors (Lipinski definition) is 5. The summed E-state index contributed by atoms with van der Waals surface area (Å²) in [6.45, 7) is 5.29. The van der Waals surface area contributed by atoms with E-state index in [2.05, 4.69) is 14.9 Å². The Kier molecular flexibility index (Phi) is 3.85. The first-order valence-corrected chi connectivity index (χ1v) is 9.01. The molecule has 4 rings (SSSR count). The van der Waals surface area contributed by atoms with Crippen LogP contribution in [0.4, 0.5) is 0 Å². The number of aliphatic imine (C=N–C) groups is 2. The lowest BCUT2D eigenvalue weighted by Crippen LogP contribution is -2.49. The lowest BCUT2D eigenvalue weighted by Gasteiger charge is -2.34. The molecular formula is C16H20N4O2S. The maximum absolute atomic E-state index is 12.4. The number of hydrogen-bond donors (Lipinski definition) is 0. The smallest absolute Gasteiger partial charge is 0.261 e. The first-order valence-electron chi connectivity index (χ1n) is 8.19. The first kappa shape index (κ1) is 15.1. The highest BCUT2D eigenvalue weighted by molar-refractivity contribution is 8.17. The lowest BCUT2D eigenvalue weighted by atomic mass is 9.98. The molecule has 4 aliphatic rings. The summed E-state index contributed by atoms with van der Waals surface area (Å²) in [5.41, 5.74) is 1.27. The Morgan fingerprint density at radius 2 is 2.00 bits per heavy atom. The van der Waals surface area contributed by atoms with Crippen LogP contribution in [0, 0.1) is 5.92 Å². The van der Waals surface area contributed by atoms with Gasteiger partial charge in [-0.2, -0.15) is 4.99 Å². The molecule has 0 aromatic heterocycles. The number of thioether (sulfide) groups is 1. The summed E-state index contributed by atoms with van der Waals surface area (Å²) in [5.74, 6) is 0.551. The molecule has 1 saturated heterocycles. The highest BCUT2D eigenvalue weighted by Crippen LogP contribution is 2.48. The molecule has 2 amide bonds. The van der Waals surface area contributed by atoms with Crippen LogP contribution in [0.1, 0.15) is 26.2 Å². The summed E-state index contributed by atoms with van der Waals surface area (Å²) in [7, 11) is 0. The zero-order valence-electron chi connectivity index (χ0n) is 13.2. The molecule has 0 aromatic rings. The van der Waals surface area contributed by atoms with Gasteiger partial charge < -0.3 is 4.90 Å². The Morgan fingerprint density at radius 1 is 1.22 bits per heavy atom. The molecule has 1 unspecified atom stereocenters. The highest BCUT2D eigenvalue weighted by Gasteiger charge is 2.41. The predicted molar refractivity (Wildman–Crippen MR) is 90.5 cm³/mol. The van der Waals surface area contributed by atoms with Gasteiger partial charge in [-0.05, 0) is 29.7 Å². The average Bonchev–Trinajstić information content (AvgIpc) is 3.07. The van der Waals surface area contributed by atoms with Crippen molar-refractivity contribution in [2.75, 3.05) is 32.7 Å². The standard InChI is InChI=1S/C16H20N4O2S/c1-10(21)20-7-5-19(6-8-20)9-13-17-15(22)14-11-3-2-4-12(11)23-16(14)18-13/h14H,2-9H2,1H3. The van der Waals surface area contributed by atoms with Crippen LogP contribution in [0.3, 0.4) is 0 Å². The molecule has 7 heteroatoms. The highest BCUT2D eigenvalue weighted by atomic mass is 32.2. The van der Waals surface area contributed by atoms with E-state index in [0.29, 0.717) is 12.4 Å². The summed E-state index contributed by atoms with van der Waals surface area (Å²) < 4.78 is 0. The maximum atomic E-state index is 12.4. The zero-order valence-corrected chi connectivity index (χ0v) is 14.1. The van der Waals surface area contributed by atoms with Crippen LogP contribution in [0.25, 0.3) is 0 Å². The number of allylic oxidation sites excluding steroid dienone is 1. The van der Waals surface area contributed by atoms with Gasteiger partial charge in [-0.25, -0.2) is 4.99 Å². The molecule has 3 aliphatic heterocycles. The quantitative estimate of drug-likeness (QED) is 0.764. The average molecular weight is 332 g/mol. The van der Waals surface area contributed by atoms with Crippen LogP contribution >= 0.6 is 11.8 Å². The second-order valence-electron chi connectivity index (χ2n) is 6.44. The van der Waals surface area contributed by atoms with Crippen LogP contribution in [0.15, 0.2) is 20.5 Å². The summed E-state index contributed by atoms with van der Waals surface area (Å²) in [5, 5.41) is 0.937. The van der Waals surface area contributed by atoms with Gasteiger partial charge in [0.05, 0.1) is 11.6 Å². The minimum atomic E-state index is -0.171. The summed E-state index contributed by atoms with van der Waals surface area (Å²) in [6, 6.07) is 0. The number of carbonyl (C=O) groups excluding carboxylic acids is 2. The van der Waals surface area contributed by atoms with E-state index < -0.39 is 0 Å². The molecule has 0 radical (unpaired) electrons. The molecule has 0 aromatic carbocycles. The molecule has 3 heterocycles. The predicted octanol–water partition coefficient (Wildman–Crippen LogP) is 1.29. The lowest BCUT2D eigenvalue weighted by molar-refractivity contribution is -0.130. The van der Waals surface area contributed by atoms with Crippen molar-refractivity contribution >= 4 is 34.5 Å². The van der Waals surface area contributed by atoms with Gasteiger partial charge in [0.2, 0.25) is 5.91 Å². The Morgan fingerprint density at radius 3 is 2.74 bits per heavy atom. The fraction of sp³-hybridized carbons (Fsp3) is 0.625. The van der Waals surface area contributed by atoms with Gasteiger partial charge in [0.25, 0.3) is 5.91 Å². The molecule has 1 fully saturated rings. The van der Waals surface area contributed by atoms with Gasteiger partial charge in [-0.1, -0.05) is 11.8 Å². The van der Waals surface area contributed by atoms with Gasteiger partial charge in [-0.3, -0.25) is 14.5 Å². The molecule has 0 N–H and O–H groups in total. The minimum Gasteiger partial charge on any atom is -0.340 e. The summed E-state index contributed by atoms with van der Waals surface area (Å²) in [6.07, 6.45) is 3.27. The van der Waals surface area contributed by atoms with Crippen LogP contribution in [0.5, 0.6) is 0 Å². The van der Waals surface area contributed by atoms with Crippen molar-refractivity contribution in [2.24, 2.45) is 15.9 Å². The van der Waals surface area contributed by atoms with Crippen molar-refractivity contribution in [3.05, 3.63) is 10.5 Å². The van der Waals surface area contributed by atoms with Crippen molar-refractivity contribution < 1.29 is 9.59 Å². The SMILES string of the molecule is CC(=O)N1CCN(CC2=NC(=O)C3C(=N2)SC2=C3CCC2)CC1. The van der Waals surface area contributed by atoms with Gasteiger partial charge in [0, 0.05) is 33.1 Å². The molecule has 0 bridgehead atoms. The number of amides is 2. The van der Waals surface area contributed by atoms with E-state index in [1.165, 1.54) is 10.5 Å². The van der Waals surface area contributed by atoms with Crippen molar-refractivity contribution in [3.8, 4) is 0 Å². The van der Waals surface area contributed by atoms with Crippen molar-refractivity contribution in [1.29, 1.82) is 0 Å². The first-order chi connectivity index (χ1) is 11.1. The minimum absolute atomic E-state index is 0.0354. The molecule has 1 atom stereocenters. The summed E-state index contributed by atoms with van der Waals surface area (Å²) in [4.78, 5) is 38.1. The third-order valence-corrected chi connectivity index (χ3v) is 6.19. The largest absolute Gasteiger partial charge is 0.340 e. The van der Waals surface area contributed by atoms with Crippen LogP contribution in [0.2, 0.25) is 0 Å². The van der Waals surface area contributed by atoms with E-state index >= 15 is 0 Å². The molecule has 1 aliphatic carbocycles. The van der Waals surface area contributed by atoms with E-state index in [9.17, 15) is 9.59 Å². The Balaban J connectivity index is 1.41. The molecule has 23 heavy (non-hydrogen) atoms. The Labute approximate surface area is 139 Å². The molecular weight excluding hydrogens is 312 g/mol. The topological polar surface area (TPSA) is 65.3 Å². The Bertz CT molecular complexity index is 659. The number of nitrogens with zero attached hydrogens (tertiary/aromatic N) is 4. The van der Waals surface area contributed by atoms with Crippen LogP contribution in [-0.4, -0.2) is 65.2 Å².